The Labute approximate surface area is 170 Å². The van der Waals surface area contributed by atoms with Crippen LogP contribution in [-0.2, 0) is 10.0 Å². The van der Waals surface area contributed by atoms with Crippen LogP contribution in [0, 0.1) is 0 Å². The van der Waals surface area contributed by atoms with E-state index in [0.29, 0.717) is 10.0 Å². The molecule has 0 fully saturated rings. The lowest BCUT2D eigenvalue weighted by atomic mass is 10.1. The highest BCUT2D eigenvalue weighted by atomic mass is 35.5. The van der Waals surface area contributed by atoms with E-state index in [1.54, 1.807) is 24.3 Å². The molecule has 0 bridgehead atoms. The van der Waals surface area contributed by atoms with E-state index in [9.17, 15) is 8.42 Å². The SMILES string of the molecule is O=S(=O)(Nc1ccc(-c2ccc(Cl)cc2Cl)cn1)c1ccc(Cl)c(Cl)c1. The minimum Gasteiger partial charge on any atom is -0.263 e. The smallest absolute Gasteiger partial charge is 0.263 e. The molecule has 1 N–H and O–H groups in total. The Morgan fingerprint density at radius 3 is 2.19 bits per heavy atom. The van der Waals surface area contributed by atoms with Gasteiger partial charge >= 0.3 is 0 Å². The number of hydrogen-bond acceptors (Lipinski definition) is 3. The van der Waals surface area contributed by atoms with E-state index >= 15 is 0 Å². The zero-order valence-corrected chi connectivity index (χ0v) is 16.7. The zero-order valence-electron chi connectivity index (χ0n) is 12.9. The van der Waals surface area contributed by atoms with E-state index in [4.69, 9.17) is 46.4 Å². The summed E-state index contributed by atoms with van der Waals surface area (Å²) in [5.74, 6) is 0.157. The summed E-state index contributed by atoms with van der Waals surface area (Å²) in [5.41, 5.74) is 1.46. The van der Waals surface area contributed by atoms with Crippen LogP contribution in [0.25, 0.3) is 11.1 Å². The molecule has 3 aromatic rings. The molecular formula is C17H10Cl4N2O2S. The molecule has 2 aromatic carbocycles. The van der Waals surface area contributed by atoms with E-state index in [2.05, 4.69) is 9.71 Å². The Balaban J connectivity index is 1.85. The van der Waals surface area contributed by atoms with Gasteiger partial charge < -0.3 is 0 Å². The maximum Gasteiger partial charge on any atom is 0.263 e. The molecule has 0 saturated carbocycles. The van der Waals surface area contributed by atoms with E-state index in [-0.39, 0.29) is 20.8 Å². The van der Waals surface area contributed by atoms with Gasteiger partial charge in [-0.1, -0.05) is 52.5 Å². The number of sulfonamides is 1. The average molecular weight is 448 g/mol. The van der Waals surface area contributed by atoms with Crippen LogP contribution in [0.4, 0.5) is 5.82 Å². The third kappa shape index (κ3) is 4.24. The molecule has 0 amide bonds. The molecule has 0 spiro atoms. The van der Waals surface area contributed by atoms with Crippen LogP contribution in [0.15, 0.2) is 59.6 Å². The Kier molecular flexibility index (Phi) is 5.65. The highest BCUT2D eigenvalue weighted by molar-refractivity contribution is 7.92. The van der Waals surface area contributed by atoms with Gasteiger partial charge in [-0.05, 0) is 42.5 Å². The van der Waals surface area contributed by atoms with E-state index in [1.807, 2.05) is 0 Å². The number of nitrogens with one attached hydrogen (secondary N) is 1. The lowest BCUT2D eigenvalue weighted by Crippen LogP contribution is -2.13. The number of rotatable bonds is 4. The Morgan fingerprint density at radius 1 is 0.808 bits per heavy atom. The van der Waals surface area contributed by atoms with Crippen molar-refractivity contribution < 1.29 is 8.42 Å². The largest absolute Gasteiger partial charge is 0.263 e. The van der Waals surface area contributed by atoms with Gasteiger partial charge in [-0.15, -0.1) is 0 Å². The molecule has 26 heavy (non-hydrogen) atoms. The normalized spacial score (nSPS) is 11.4. The van der Waals surface area contributed by atoms with Gasteiger partial charge in [0.25, 0.3) is 10.0 Å². The van der Waals surface area contributed by atoms with Crippen LogP contribution in [0.1, 0.15) is 0 Å². The highest BCUT2D eigenvalue weighted by Gasteiger charge is 2.16. The van der Waals surface area contributed by atoms with Crippen LogP contribution in [0.2, 0.25) is 20.1 Å². The number of anilines is 1. The van der Waals surface area contributed by atoms with Crippen molar-refractivity contribution in [3.05, 3.63) is 74.8 Å². The van der Waals surface area contributed by atoms with Crippen molar-refractivity contribution in [1.29, 1.82) is 0 Å². The van der Waals surface area contributed by atoms with Crippen LogP contribution in [0.3, 0.4) is 0 Å². The summed E-state index contributed by atoms with van der Waals surface area (Å²) in [6.45, 7) is 0. The number of aromatic nitrogens is 1. The summed E-state index contributed by atoms with van der Waals surface area (Å²) in [5, 5.41) is 1.42. The van der Waals surface area contributed by atoms with Crippen LogP contribution in [-0.4, -0.2) is 13.4 Å². The second-order valence-corrected chi connectivity index (χ2v) is 8.58. The third-order valence-electron chi connectivity index (χ3n) is 3.45. The molecule has 0 aliphatic rings. The molecule has 0 atom stereocenters. The average Bonchev–Trinajstić information content (AvgIpc) is 2.58. The van der Waals surface area contributed by atoms with Crippen molar-refractivity contribution >= 4 is 62.2 Å². The predicted octanol–water partition coefficient (Wildman–Crippen LogP) is 6.16. The summed E-state index contributed by atoms with van der Waals surface area (Å²) in [4.78, 5) is 4.11. The van der Waals surface area contributed by atoms with Crippen molar-refractivity contribution in [2.45, 2.75) is 4.90 Å². The minimum atomic E-state index is -3.84. The zero-order chi connectivity index (χ0) is 18.9. The molecule has 9 heteroatoms. The molecule has 1 heterocycles. The number of pyridine rings is 1. The summed E-state index contributed by atoms with van der Waals surface area (Å²) in [6.07, 6.45) is 1.52. The third-order valence-corrected chi connectivity index (χ3v) is 6.09. The second-order valence-electron chi connectivity index (χ2n) is 5.24. The summed E-state index contributed by atoms with van der Waals surface area (Å²) in [7, 11) is -3.84. The summed E-state index contributed by atoms with van der Waals surface area (Å²) >= 11 is 23.7. The Morgan fingerprint density at radius 2 is 1.58 bits per heavy atom. The molecule has 3 rings (SSSR count). The molecule has 0 aliphatic heterocycles. The van der Waals surface area contributed by atoms with Crippen LogP contribution < -0.4 is 4.72 Å². The molecule has 0 aliphatic carbocycles. The van der Waals surface area contributed by atoms with Gasteiger partial charge in [0.15, 0.2) is 0 Å². The number of nitrogens with zero attached hydrogens (tertiary/aromatic N) is 1. The van der Waals surface area contributed by atoms with Crippen molar-refractivity contribution in [2.75, 3.05) is 4.72 Å². The van der Waals surface area contributed by atoms with Gasteiger partial charge in [-0.3, -0.25) is 4.72 Å². The van der Waals surface area contributed by atoms with Gasteiger partial charge in [-0.2, -0.15) is 0 Å². The van der Waals surface area contributed by atoms with Gasteiger partial charge in [0.1, 0.15) is 5.82 Å². The van der Waals surface area contributed by atoms with E-state index < -0.39 is 10.0 Å². The maximum atomic E-state index is 12.4. The van der Waals surface area contributed by atoms with Gasteiger partial charge in [0.05, 0.1) is 14.9 Å². The van der Waals surface area contributed by atoms with E-state index in [0.717, 1.165) is 11.1 Å². The van der Waals surface area contributed by atoms with Crippen LogP contribution in [0.5, 0.6) is 0 Å². The molecule has 0 radical (unpaired) electrons. The monoisotopic (exact) mass is 446 g/mol. The Bertz CT molecular complexity index is 1070. The fourth-order valence-electron chi connectivity index (χ4n) is 2.18. The van der Waals surface area contributed by atoms with E-state index in [1.165, 1.54) is 30.5 Å². The van der Waals surface area contributed by atoms with Crippen molar-refractivity contribution in [2.24, 2.45) is 0 Å². The first kappa shape index (κ1) is 19.3. The topological polar surface area (TPSA) is 59.1 Å². The molecule has 134 valence electrons. The summed E-state index contributed by atoms with van der Waals surface area (Å²) < 4.78 is 27.2. The predicted molar refractivity (Wildman–Crippen MR) is 107 cm³/mol. The fourth-order valence-corrected chi connectivity index (χ4v) is 4.09. The number of benzene rings is 2. The lowest BCUT2D eigenvalue weighted by molar-refractivity contribution is 0.601. The first-order valence-corrected chi connectivity index (χ1v) is 10.1. The molecule has 1 aromatic heterocycles. The fraction of sp³-hybridized carbons (Fsp3) is 0. The minimum absolute atomic E-state index is 0.0153. The maximum absolute atomic E-state index is 12.4. The molecule has 4 nitrogen and oxygen atoms in total. The standard InChI is InChI=1S/C17H10Cl4N2O2S/c18-11-2-4-13(15(20)7-11)10-1-6-17(22-9-10)23-26(24,25)12-3-5-14(19)16(21)8-12/h1-9H,(H,22,23). The molecule has 0 unspecified atom stereocenters. The van der Waals surface area contributed by atoms with Gasteiger partial charge in [-0.25, -0.2) is 13.4 Å². The first-order chi connectivity index (χ1) is 12.3. The summed E-state index contributed by atoms with van der Waals surface area (Å²) in [6, 6.07) is 12.4. The van der Waals surface area contributed by atoms with Crippen molar-refractivity contribution in [3.8, 4) is 11.1 Å². The second kappa shape index (κ2) is 7.62. The van der Waals surface area contributed by atoms with Crippen molar-refractivity contribution in [3.63, 3.8) is 0 Å². The van der Waals surface area contributed by atoms with Crippen molar-refractivity contribution in [1.82, 2.24) is 4.98 Å². The highest BCUT2D eigenvalue weighted by Crippen LogP contribution is 2.31. The quantitative estimate of drug-likeness (QED) is 0.520. The van der Waals surface area contributed by atoms with Gasteiger partial charge in [0.2, 0.25) is 0 Å². The lowest BCUT2D eigenvalue weighted by Gasteiger charge is -2.09. The number of halogens is 4. The Hall–Kier alpha value is -1.50. The van der Waals surface area contributed by atoms with Crippen LogP contribution >= 0.6 is 46.4 Å². The van der Waals surface area contributed by atoms with Gasteiger partial charge in [0, 0.05) is 27.4 Å². The molecule has 0 saturated heterocycles. The first-order valence-electron chi connectivity index (χ1n) is 7.15. The number of hydrogen-bond donors (Lipinski definition) is 1. The molecular weight excluding hydrogens is 438 g/mol.